The third-order valence-electron chi connectivity index (χ3n) is 8.91. The number of nitrogens with one attached hydrogen (secondary N) is 2. The average molecular weight is 652 g/mol. The normalized spacial score (nSPS) is 22.2. The summed E-state index contributed by atoms with van der Waals surface area (Å²) in [5.74, 6) is -7.52. The van der Waals surface area contributed by atoms with Gasteiger partial charge >= 0.3 is 5.92 Å². The number of halogens is 5. The van der Waals surface area contributed by atoms with E-state index in [2.05, 4.69) is 20.6 Å². The molecule has 242 valence electrons. The number of hydrogen-bond donors (Lipinski definition) is 2. The Morgan fingerprint density at radius 3 is 2.69 bits per heavy atom. The lowest BCUT2D eigenvalue weighted by molar-refractivity contribution is -0.133. The Kier molecular flexibility index (Phi) is 7.99. The fourth-order valence-corrected chi connectivity index (χ4v) is 6.26. The number of aromatic nitrogens is 3. The average Bonchev–Trinajstić information content (AvgIpc) is 3.84. The Hall–Kier alpha value is -3.81. The van der Waals surface area contributed by atoms with Gasteiger partial charge in [0.15, 0.2) is 12.4 Å². The second-order valence-corrected chi connectivity index (χ2v) is 12.4. The molecule has 1 aliphatic carbocycles. The van der Waals surface area contributed by atoms with Crippen molar-refractivity contribution in [1.82, 2.24) is 19.4 Å². The number of amides is 1. The zero-order valence-corrected chi connectivity index (χ0v) is 25.8. The van der Waals surface area contributed by atoms with Crippen LogP contribution in [0.5, 0.6) is 5.75 Å². The molecule has 0 bridgehead atoms. The monoisotopic (exact) mass is 651 g/mol. The van der Waals surface area contributed by atoms with Gasteiger partial charge in [0.2, 0.25) is 17.6 Å². The maximum atomic E-state index is 15.0. The van der Waals surface area contributed by atoms with Gasteiger partial charge in [-0.1, -0.05) is 11.6 Å². The van der Waals surface area contributed by atoms with Crippen LogP contribution >= 0.6 is 11.6 Å². The van der Waals surface area contributed by atoms with Crippen LogP contribution in [0.1, 0.15) is 33.1 Å². The minimum absolute atomic E-state index is 0.00533. The first-order valence-electron chi connectivity index (χ1n) is 14.9. The number of nitrogens with zero attached hydrogens (tertiary/aromatic N) is 5. The van der Waals surface area contributed by atoms with Crippen molar-refractivity contribution in [3.63, 3.8) is 0 Å². The number of ether oxygens (including phenoxy) is 1. The molecule has 1 saturated heterocycles. The van der Waals surface area contributed by atoms with Gasteiger partial charge in [0.05, 0.1) is 29.4 Å². The van der Waals surface area contributed by atoms with E-state index < -0.39 is 42.4 Å². The largest absolute Gasteiger partial charge is 0.480 e. The SMILES string of the molecule is CCN(C[C@@H]1CN(c2ncc(Cl)c(Nc3ccc4c(c3)c3c(c(=O)n4C)OCC(F)(F)[C@H](C4CC4)N3)n2)CCC1(F)F)C(C)=O. The molecule has 2 fully saturated rings. The molecule has 2 aromatic heterocycles. The van der Waals surface area contributed by atoms with Gasteiger partial charge in [-0.3, -0.25) is 9.59 Å². The molecule has 1 amide bonds. The number of benzene rings is 1. The van der Waals surface area contributed by atoms with E-state index in [1.165, 1.54) is 22.6 Å². The van der Waals surface area contributed by atoms with Crippen LogP contribution in [0.4, 0.5) is 40.7 Å². The predicted molar refractivity (Wildman–Crippen MR) is 163 cm³/mol. The van der Waals surface area contributed by atoms with Crippen molar-refractivity contribution in [1.29, 1.82) is 0 Å². The lowest BCUT2D eigenvalue weighted by Gasteiger charge is -2.40. The summed E-state index contributed by atoms with van der Waals surface area (Å²) in [6.07, 6.45) is 2.27. The van der Waals surface area contributed by atoms with E-state index in [0.717, 1.165) is 0 Å². The van der Waals surface area contributed by atoms with E-state index in [1.807, 2.05) is 0 Å². The van der Waals surface area contributed by atoms with E-state index in [0.29, 0.717) is 36.0 Å². The molecule has 0 unspecified atom stereocenters. The minimum atomic E-state index is -3.17. The fraction of sp³-hybridized carbons (Fsp3) is 0.533. The highest BCUT2D eigenvalue weighted by molar-refractivity contribution is 6.33. The van der Waals surface area contributed by atoms with E-state index in [-0.39, 0.29) is 59.7 Å². The van der Waals surface area contributed by atoms with Crippen LogP contribution in [-0.4, -0.2) is 76.0 Å². The lowest BCUT2D eigenvalue weighted by atomic mass is 9.93. The molecule has 10 nitrogen and oxygen atoms in total. The number of carbonyl (C=O) groups excluding carboxylic acids is 1. The number of piperidine rings is 1. The molecule has 1 saturated carbocycles. The summed E-state index contributed by atoms with van der Waals surface area (Å²) >= 11 is 6.44. The molecule has 4 heterocycles. The molecule has 6 rings (SSSR count). The number of anilines is 4. The first-order valence-corrected chi connectivity index (χ1v) is 15.3. The Morgan fingerprint density at radius 2 is 2.00 bits per heavy atom. The zero-order chi connectivity index (χ0) is 32.3. The molecular weight excluding hydrogens is 618 g/mol. The molecule has 45 heavy (non-hydrogen) atoms. The summed E-state index contributed by atoms with van der Waals surface area (Å²) in [6, 6.07) is 3.88. The van der Waals surface area contributed by atoms with Crippen LogP contribution in [0.2, 0.25) is 5.02 Å². The molecule has 1 aromatic carbocycles. The number of hydrogen-bond acceptors (Lipinski definition) is 8. The number of carbonyl (C=O) groups is 1. The highest BCUT2D eigenvalue weighted by Gasteiger charge is 2.51. The molecule has 2 atom stereocenters. The number of aryl methyl sites for hydroxylation is 1. The Balaban J connectivity index is 1.31. The van der Waals surface area contributed by atoms with Crippen LogP contribution in [0.3, 0.4) is 0 Å². The summed E-state index contributed by atoms with van der Waals surface area (Å²) in [6.45, 7) is 2.37. The van der Waals surface area contributed by atoms with Crippen molar-refractivity contribution in [2.24, 2.45) is 18.9 Å². The number of rotatable bonds is 7. The van der Waals surface area contributed by atoms with Gasteiger partial charge in [-0.05, 0) is 43.9 Å². The van der Waals surface area contributed by atoms with E-state index in [1.54, 1.807) is 37.1 Å². The first-order chi connectivity index (χ1) is 21.3. The quantitative estimate of drug-likeness (QED) is 0.333. The molecule has 2 N–H and O–H groups in total. The van der Waals surface area contributed by atoms with Crippen molar-refractivity contribution in [3.05, 3.63) is 39.8 Å². The van der Waals surface area contributed by atoms with Crippen LogP contribution in [0.25, 0.3) is 10.9 Å². The topological polar surface area (TPSA) is 105 Å². The minimum Gasteiger partial charge on any atom is -0.480 e. The van der Waals surface area contributed by atoms with Crippen molar-refractivity contribution >= 4 is 51.6 Å². The second-order valence-electron chi connectivity index (χ2n) is 12.0. The van der Waals surface area contributed by atoms with Gasteiger partial charge in [-0.25, -0.2) is 22.5 Å². The smallest absolute Gasteiger partial charge is 0.301 e. The van der Waals surface area contributed by atoms with Crippen LogP contribution in [0, 0.1) is 11.8 Å². The summed E-state index contributed by atoms with van der Waals surface area (Å²) in [4.78, 5) is 36.9. The predicted octanol–water partition coefficient (Wildman–Crippen LogP) is 5.27. The number of pyridine rings is 1. The summed E-state index contributed by atoms with van der Waals surface area (Å²) in [5.41, 5.74) is 0.657. The lowest BCUT2D eigenvalue weighted by Crippen LogP contribution is -2.52. The Labute approximate surface area is 261 Å². The Bertz CT molecular complexity index is 1700. The highest BCUT2D eigenvalue weighted by atomic mass is 35.5. The van der Waals surface area contributed by atoms with Gasteiger partial charge < -0.3 is 29.7 Å². The summed E-state index contributed by atoms with van der Waals surface area (Å²) < 4.78 is 66.5. The van der Waals surface area contributed by atoms with Crippen LogP contribution < -0.4 is 25.8 Å². The van der Waals surface area contributed by atoms with Gasteiger partial charge in [0, 0.05) is 57.6 Å². The van der Waals surface area contributed by atoms with Crippen molar-refractivity contribution in [2.75, 3.05) is 48.3 Å². The molecular formula is C30H34ClF4N7O3. The number of fused-ring (bicyclic) bond motifs is 3. The second kappa shape index (κ2) is 11.5. The Morgan fingerprint density at radius 1 is 1.24 bits per heavy atom. The molecule has 15 heteroatoms. The molecule has 0 radical (unpaired) electrons. The van der Waals surface area contributed by atoms with E-state index in [4.69, 9.17) is 16.3 Å². The van der Waals surface area contributed by atoms with Gasteiger partial charge in [0.1, 0.15) is 5.02 Å². The van der Waals surface area contributed by atoms with Gasteiger partial charge in [0.25, 0.3) is 11.5 Å². The van der Waals surface area contributed by atoms with Gasteiger partial charge in [-0.15, -0.1) is 0 Å². The molecule has 3 aliphatic rings. The molecule has 2 aliphatic heterocycles. The van der Waals surface area contributed by atoms with Crippen LogP contribution in [0.15, 0.2) is 29.2 Å². The summed E-state index contributed by atoms with van der Waals surface area (Å²) in [5, 5.41) is 6.74. The number of alkyl halides is 4. The van der Waals surface area contributed by atoms with Crippen molar-refractivity contribution < 1.29 is 27.1 Å². The van der Waals surface area contributed by atoms with E-state index >= 15 is 8.78 Å². The van der Waals surface area contributed by atoms with E-state index in [9.17, 15) is 18.4 Å². The fourth-order valence-electron chi connectivity index (χ4n) is 6.12. The van der Waals surface area contributed by atoms with Crippen molar-refractivity contribution in [3.8, 4) is 5.75 Å². The first kappa shape index (κ1) is 31.2. The standard InChI is InChI=1S/C30H34ClF4N7O3/c1-4-41(16(2)43)13-18-14-42(10-9-29(18,32)33)28-36-12-21(31)26(39-28)37-19-7-8-22-20(11-19)23-24(27(44)40(22)3)45-15-30(34,35)25(38-23)17-5-6-17/h7-8,11-12,17-18,25,38H,4-6,9-10,13-15H2,1-3H3,(H,36,37,39)/t18-,25+/m1/s1. The molecule has 0 spiro atoms. The van der Waals surface area contributed by atoms with Gasteiger partial charge in [-0.2, -0.15) is 4.98 Å². The van der Waals surface area contributed by atoms with Crippen molar-refractivity contribution in [2.45, 2.75) is 51.0 Å². The maximum Gasteiger partial charge on any atom is 0.301 e. The zero-order valence-electron chi connectivity index (χ0n) is 25.0. The van der Waals surface area contributed by atoms with Crippen LogP contribution in [-0.2, 0) is 11.8 Å². The molecule has 3 aromatic rings. The third-order valence-corrected chi connectivity index (χ3v) is 9.18. The third kappa shape index (κ3) is 5.96. The maximum absolute atomic E-state index is 15.0. The summed E-state index contributed by atoms with van der Waals surface area (Å²) in [7, 11) is 1.54. The highest BCUT2D eigenvalue weighted by Crippen LogP contribution is 2.46.